The van der Waals surface area contributed by atoms with Crippen LogP contribution in [0.4, 0.5) is 0 Å². The van der Waals surface area contributed by atoms with E-state index in [9.17, 15) is 4.79 Å². The molecule has 0 amide bonds. The van der Waals surface area contributed by atoms with Crippen LogP contribution in [0.5, 0.6) is 5.75 Å². The molecule has 0 aliphatic carbocycles. The normalized spacial score (nSPS) is 16.7. The summed E-state index contributed by atoms with van der Waals surface area (Å²) in [5.74, 6) is 0.894. The van der Waals surface area contributed by atoms with Crippen molar-refractivity contribution in [1.82, 2.24) is 14.9 Å². The van der Waals surface area contributed by atoms with Gasteiger partial charge in [-0.2, -0.15) is 0 Å². The van der Waals surface area contributed by atoms with E-state index in [0.717, 1.165) is 48.3 Å². The summed E-state index contributed by atoms with van der Waals surface area (Å²) in [5.41, 5.74) is 8.18. The summed E-state index contributed by atoms with van der Waals surface area (Å²) in [7, 11) is 0. The van der Waals surface area contributed by atoms with Crippen LogP contribution in [0.2, 0.25) is 0 Å². The number of aliphatic carboxylic acids is 1. The van der Waals surface area contributed by atoms with Crippen molar-refractivity contribution in [1.29, 1.82) is 5.41 Å². The van der Waals surface area contributed by atoms with Gasteiger partial charge in [0.1, 0.15) is 23.7 Å². The van der Waals surface area contributed by atoms with Crippen molar-refractivity contribution in [3.8, 4) is 5.75 Å². The van der Waals surface area contributed by atoms with Gasteiger partial charge < -0.3 is 25.5 Å². The van der Waals surface area contributed by atoms with Crippen LogP contribution in [0.15, 0.2) is 12.1 Å². The molecular formula is C18H25N5O3. The first-order valence-corrected chi connectivity index (χ1v) is 8.78. The zero-order valence-electron chi connectivity index (χ0n) is 15.1. The fraction of sp³-hybridized carbons (Fsp3) is 0.500. The monoisotopic (exact) mass is 359 g/mol. The van der Waals surface area contributed by atoms with Crippen molar-refractivity contribution in [2.75, 3.05) is 13.1 Å². The van der Waals surface area contributed by atoms with E-state index in [-0.39, 0.29) is 12.5 Å². The quantitative estimate of drug-likeness (QED) is 0.475. The van der Waals surface area contributed by atoms with Crippen LogP contribution >= 0.6 is 0 Å². The van der Waals surface area contributed by atoms with Crippen molar-refractivity contribution >= 4 is 22.8 Å². The van der Waals surface area contributed by atoms with E-state index in [0.29, 0.717) is 11.7 Å². The molecule has 3 rings (SSSR count). The van der Waals surface area contributed by atoms with Crippen LogP contribution in [0.25, 0.3) is 11.0 Å². The number of hydrogen-bond acceptors (Lipinski definition) is 5. The smallest absolute Gasteiger partial charge is 0.320 e. The molecule has 0 spiro atoms. The number of nitrogens with one attached hydrogen (secondary N) is 2. The van der Waals surface area contributed by atoms with E-state index >= 15 is 0 Å². The average Bonchev–Trinajstić information content (AvgIpc) is 2.98. The predicted molar refractivity (Wildman–Crippen MR) is 98.8 cm³/mol. The summed E-state index contributed by atoms with van der Waals surface area (Å²) in [6.45, 7) is 5.44. The van der Waals surface area contributed by atoms with E-state index in [4.69, 9.17) is 21.0 Å². The molecule has 1 aromatic heterocycles. The molecule has 1 aromatic carbocycles. The summed E-state index contributed by atoms with van der Waals surface area (Å²) < 4.78 is 6.14. The largest absolute Gasteiger partial charge is 0.490 e. The van der Waals surface area contributed by atoms with Crippen molar-refractivity contribution in [2.45, 2.75) is 45.3 Å². The number of aromatic nitrogens is 2. The molecule has 1 atom stereocenters. The number of ether oxygens (including phenoxy) is 1. The van der Waals surface area contributed by atoms with Gasteiger partial charge in [-0.05, 0) is 25.5 Å². The highest BCUT2D eigenvalue weighted by Gasteiger charge is 2.21. The molecule has 1 aliphatic rings. The van der Waals surface area contributed by atoms with E-state index in [1.54, 1.807) is 0 Å². The third-order valence-corrected chi connectivity index (χ3v) is 4.75. The van der Waals surface area contributed by atoms with Crippen LogP contribution in [0.3, 0.4) is 0 Å². The second kappa shape index (κ2) is 7.33. The number of amidine groups is 1. The molecule has 2 heterocycles. The number of carbonyl (C=O) groups is 1. The van der Waals surface area contributed by atoms with Crippen molar-refractivity contribution < 1.29 is 14.6 Å². The minimum atomic E-state index is -1.04. The average molecular weight is 359 g/mol. The second-order valence-corrected chi connectivity index (χ2v) is 6.86. The number of H-pyrrole nitrogens is 1. The molecule has 8 heteroatoms. The number of carboxylic acid groups (broad SMARTS) is 1. The molecular weight excluding hydrogens is 334 g/mol. The summed E-state index contributed by atoms with van der Waals surface area (Å²) in [6.07, 6.45) is 2.05. The number of carboxylic acids is 1. The van der Waals surface area contributed by atoms with Gasteiger partial charge in [-0.25, -0.2) is 4.98 Å². The fourth-order valence-corrected chi connectivity index (χ4v) is 3.27. The molecule has 2 aromatic rings. The first-order chi connectivity index (χ1) is 12.3. The van der Waals surface area contributed by atoms with Crippen molar-refractivity contribution in [2.24, 2.45) is 5.73 Å². The number of aryl methyl sites for hydroxylation is 1. The number of nitrogens with two attached hydrogens (primary N) is 1. The molecule has 0 radical (unpaired) electrons. The summed E-state index contributed by atoms with van der Waals surface area (Å²) in [4.78, 5) is 20.6. The van der Waals surface area contributed by atoms with Gasteiger partial charge in [-0.1, -0.05) is 0 Å². The third-order valence-electron chi connectivity index (χ3n) is 4.75. The highest BCUT2D eigenvalue weighted by atomic mass is 16.5. The number of imidazole rings is 1. The van der Waals surface area contributed by atoms with Gasteiger partial charge in [0.2, 0.25) is 0 Å². The van der Waals surface area contributed by atoms with Gasteiger partial charge in [0.15, 0.2) is 0 Å². The lowest BCUT2D eigenvalue weighted by atomic mass is 10.1. The molecule has 0 saturated carbocycles. The lowest BCUT2D eigenvalue weighted by molar-refractivity contribution is -0.138. The maximum absolute atomic E-state index is 10.9. The van der Waals surface area contributed by atoms with Gasteiger partial charge in [0.25, 0.3) is 0 Å². The van der Waals surface area contributed by atoms with Crippen LogP contribution in [0.1, 0.15) is 31.2 Å². The predicted octanol–water partition coefficient (Wildman–Crippen LogP) is 1.67. The Bertz CT molecular complexity index is 824. The number of benzene rings is 1. The Kier molecular flexibility index (Phi) is 5.13. The Morgan fingerprint density at radius 1 is 1.50 bits per heavy atom. The van der Waals surface area contributed by atoms with Crippen LogP contribution < -0.4 is 10.5 Å². The maximum atomic E-state index is 10.9. The van der Waals surface area contributed by atoms with E-state index in [1.807, 2.05) is 26.0 Å². The number of aromatic amines is 1. The Balaban J connectivity index is 1.72. The minimum Gasteiger partial charge on any atom is -0.490 e. The standard InChI is InChI=1S/C18H25N5O3/c1-10-7-13(26-12-3-5-23(6-4-12)11(2)19)8-15-17(10)22-16(21-15)9-14(20)18(24)25/h7-8,12,14,19H,3-6,9,20H2,1-2H3,(H,21,22)(H,24,25). The second-order valence-electron chi connectivity index (χ2n) is 6.86. The maximum Gasteiger partial charge on any atom is 0.320 e. The zero-order valence-corrected chi connectivity index (χ0v) is 15.1. The summed E-state index contributed by atoms with van der Waals surface area (Å²) >= 11 is 0. The zero-order chi connectivity index (χ0) is 18.8. The molecule has 26 heavy (non-hydrogen) atoms. The molecule has 5 N–H and O–H groups in total. The van der Waals surface area contributed by atoms with E-state index in [2.05, 4.69) is 14.9 Å². The number of rotatable bonds is 5. The van der Waals surface area contributed by atoms with E-state index < -0.39 is 12.0 Å². The van der Waals surface area contributed by atoms with Gasteiger partial charge in [0, 0.05) is 38.4 Å². The highest BCUT2D eigenvalue weighted by molar-refractivity contribution is 5.81. The number of piperidine rings is 1. The Labute approximate surface area is 151 Å². The molecule has 1 saturated heterocycles. The number of likely N-dealkylation sites (tertiary alicyclic amines) is 1. The molecule has 8 nitrogen and oxygen atoms in total. The molecule has 1 fully saturated rings. The minimum absolute atomic E-state index is 0.130. The van der Waals surface area contributed by atoms with Gasteiger partial charge in [0.05, 0.1) is 16.9 Å². The van der Waals surface area contributed by atoms with Gasteiger partial charge in [-0.15, -0.1) is 0 Å². The highest BCUT2D eigenvalue weighted by Crippen LogP contribution is 2.26. The lowest BCUT2D eigenvalue weighted by Gasteiger charge is -2.32. The Morgan fingerprint density at radius 3 is 2.81 bits per heavy atom. The Morgan fingerprint density at radius 2 is 2.19 bits per heavy atom. The van der Waals surface area contributed by atoms with Crippen LogP contribution in [-0.2, 0) is 11.2 Å². The number of fused-ring (bicyclic) bond motifs is 1. The van der Waals surface area contributed by atoms with Crippen LogP contribution in [0, 0.1) is 12.3 Å². The summed E-state index contributed by atoms with van der Waals surface area (Å²) in [6, 6.07) is 2.88. The van der Waals surface area contributed by atoms with Crippen LogP contribution in [-0.4, -0.2) is 57.0 Å². The topological polar surface area (TPSA) is 128 Å². The van der Waals surface area contributed by atoms with E-state index in [1.165, 1.54) is 0 Å². The van der Waals surface area contributed by atoms with Crippen molar-refractivity contribution in [3.63, 3.8) is 0 Å². The van der Waals surface area contributed by atoms with Gasteiger partial charge in [-0.3, -0.25) is 10.2 Å². The van der Waals surface area contributed by atoms with Crippen molar-refractivity contribution in [3.05, 3.63) is 23.5 Å². The van der Waals surface area contributed by atoms with Gasteiger partial charge >= 0.3 is 5.97 Å². The number of hydrogen-bond donors (Lipinski definition) is 4. The lowest BCUT2D eigenvalue weighted by Crippen LogP contribution is -2.40. The molecule has 1 unspecified atom stereocenters. The third kappa shape index (κ3) is 3.96. The molecule has 1 aliphatic heterocycles. The number of nitrogens with zero attached hydrogens (tertiary/aromatic N) is 2. The first-order valence-electron chi connectivity index (χ1n) is 8.78. The summed E-state index contributed by atoms with van der Waals surface area (Å²) in [5, 5.41) is 16.6. The SMILES string of the molecule is CC(=N)N1CCC(Oc2cc(C)c3nc(CC(N)C(=O)O)[nH]c3c2)CC1. The first kappa shape index (κ1) is 18.2. The fourth-order valence-electron chi connectivity index (χ4n) is 3.27. The Hall–Kier alpha value is -2.61. The molecule has 140 valence electrons. The molecule has 0 bridgehead atoms.